The quantitative estimate of drug-likeness (QED) is 0.906. The summed E-state index contributed by atoms with van der Waals surface area (Å²) in [6, 6.07) is 6.19. The minimum absolute atomic E-state index is 0.596. The van der Waals surface area contributed by atoms with Gasteiger partial charge in [-0.25, -0.2) is 0 Å². The van der Waals surface area contributed by atoms with Crippen LogP contribution in [0.2, 0.25) is 0 Å². The van der Waals surface area contributed by atoms with Gasteiger partial charge in [0.2, 0.25) is 0 Å². The van der Waals surface area contributed by atoms with Crippen LogP contribution < -0.4 is 4.74 Å². The van der Waals surface area contributed by atoms with E-state index in [2.05, 4.69) is 24.8 Å². The molecule has 1 aliphatic rings. The Labute approximate surface area is 126 Å². The van der Waals surface area contributed by atoms with Crippen LogP contribution in [0.1, 0.15) is 30.9 Å². The Hall–Kier alpha value is -1.55. The number of rotatable bonds is 5. The highest BCUT2D eigenvalue weighted by Crippen LogP contribution is 2.29. The summed E-state index contributed by atoms with van der Waals surface area (Å²) in [7, 11) is 0. The van der Waals surface area contributed by atoms with Crippen LogP contribution in [-0.4, -0.2) is 42.2 Å². The number of nitrogens with zero attached hydrogens (tertiary/aromatic N) is 1. The molecule has 0 aliphatic carbocycles. The summed E-state index contributed by atoms with van der Waals surface area (Å²) in [4.78, 5) is 13.5. The van der Waals surface area contributed by atoms with E-state index in [1.165, 1.54) is 11.1 Å². The Morgan fingerprint density at radius 2 is 2.00 bits per heavy atom. The Morgan fingerprint density at radius 1 is 1.33 bits per heavy atom. The predicted octanol–water partition coefficient (Wildman–Crippen LogP) is 2.87. The number of piperidine rings is 1. The van der Waals surface area contributed by atoms with Gasteiger partial charge in [-0.2, -0.15) is 0 Å². The Morgan fingerprint density at radius 3 is 2.62 bits per heavy atom. The van der Waals surface area contributed by atoms with Gasteiger partial charge >= 0.3 is 5.97 Å². The van der Waals surface area contributed by atoms with E-state index in [9.17, 15) is 9.90 Å². The monoisotopic (exact) mass is 291 g/mol. The lowest BCUT2D eigenvalue weighted by molar-refractivity contribution is -0.151. The maximum atomic E-state index is 11.3. The summed E-state index contributed by atoms with van der Waals surface area (Å²) >= 11 is 0. The van der Waals surface area contributed by atoms with Crippen molar-refractivity contribution in [1.29, 1.82) is 0 Å². The fourth-order valence-electron chi connectivity index (χ4n) is 3.02. The topological polar surface area (TPSA) is 49.8 Å². The number of aryl methyl sites for hydroxylation is 2. The molecule has 4 nitrogen and oxygen atoms in total. The first-order valence-electron chi connectivity index (χ1n) is 7.56. The molecule has 1 aromatic carbocycles. The minimum atomic E-state index is -0.692. The number of aliphatic carboxylic acids is 1. The van der Waals surface area contributed by atoms with Crippen molar-refractivity contribution in [3.63, 3.8) is 0 Å². The van der Waals surface area contributed by atoms with Gasteiger partial charge < -0.3 is 9.84 Å². The highest BCUT2D eigenvalue weighted by Gasteiger charge is 2.37. The molecular weight excluding hydrogens is 266 g/mol. The maximum absolute atomic E-state index is 11.3. The molecule has 1 fully saturated rings. The Bertz CT molecular complexity index is 495. The number of carboxylic acid groups (broad SMARTS) is 1. The molecule has 116 valence electrons. The maximum Gasteiger partial charge on any atom is 0.310 e. The van der Waals surface area contributed by atoms with E-state index in [0.29, 0.717) is 13.2 Å². The van der Waals surface area contributed by atoms with Gasteiger partial charge in [0.25, 0.3) is 0 Å². The first-order chi connectivity index (χ1) is 9.89. The average molecular weight is 291 g/mol. The van der Waals surface area contributed by atoms with Crippen molar-refractivity contribution >= 4 is 5.97 Å². The van der Waals surface area contributed by atoms with Crippen molar-refractivity contribution in [1.82, 2.24) is 4.90 Å². The molecule has 21 heavy (non-hydrogen) atoms. The van der Waals surface area contributed by atoms with Crippen LogP contribution in [0.3, 0.4) is 0 Å². The van der Waals surface area contributed by atoms with Gasteiger partial charge in [-0.15, -0.1) is 0 Å². The molecule has 1 saturated heterocycles. The summed E-state index contributed by atoms with van der Waals surface area (Å²) in [5.74, 6) is 0.202. The van der Waals surface area contributed by atoms with E-state index >= 15 is 0 Å². The standard InChI is InChI=1S/C17H25NO3/c1-13-9-14(2)11-15(10-13)21-8-7-18-6-4-5-17(3,12-18)16(19)20/h9-11H,4-8,12H2,1-3H3,(H,19,20). The summed E-state index contributed by atoms with van der Waals surface area (Å²) < 4.78 is 5.81. The van der Waals surface area contributed by atoms with Gasteiger partial charge in [0.15, 0.2) is 0 Å². The molecule has 0 amide bonds. The molecule has 0 saturated carbocycles. The van der Waals surface area contributed by atoms with Crippen molar-refractivity contribution in [3.05, 3.63) is 29.3 Å². The molecule has 0 radical (unpaired) electrons. The van der Waals surface area contributed by atoms with Crippen LogP contribution in [0.15, 0.2) is 18.2 Å². The van der Waals surface area contributed by atoms with Crippen LogP contribution in [0.25, 0.3) is 0 Å². The number of hydrogen-bond acceptors (Lipinski definition) is 3. The van der Waals surface area contributed by atoms with Crippen molar-refractivity contribution in [3.8, 4) is 5.75 Å². The molecular formula is C17H25NO3. The number of carboxylic acids is 1. The van der Waals surface area contributed by atoms with E-state index in [4.69, 9.17) is 4.74 Å². The van der Waals surface area contributed by atoms with Crippen molar-refractivity contribution < 1.29 is 14.6 Å². The molecule has 0 aromatic heterocycles. The van der Waals surface area contributed by atoms with Crippen molar-refractivity contribution in [2.75, 3.05) is 26.2 Å². The van der Waals surface area contributed by atoms with E-state index in [1.54, 1.807) is 0 Å². The highest BCUT2D eigenvalue weighted by molar-refractivity contribution is 5.74. The molecule has 1 N–H and O–H groups in total. The third-order valence-electron chi connectivity index (χ3n) is 4.16. The predicted molar refractivity (Wildman–Crippen MR) is 82.8 cm³/mol. The van der Waals surface area contributed by atoms with E-state index < -0.39 is 11.4 Å². The zero-order valence-corrected chi connectivity index (χ0v) is 13.2. The highest BCUT2D eigenvalue weighted by atomic mass is 16.5. The van der Waals surface area contributed by atoms with Gasteiger partial charge in [0.1, 0.15) is 12.4 Å². The number of likely N-dealkylation sites (tertiary alicyclic amines) is 1. The molecule has 0 spiro atoms. The third-order valence-corrected chi connectivity index (χ3v) is 4.16. The van der Waals surface area contributed by atoms with Gasteiger partial charge in [0, 0.05) is 13.1 Å². The number of benzene rings is 1. The molecule has 1 aliphatic heterocycles. The second kappa shape index (κ2) is 6.48. The van der Waals surface area contributed by atoms with Crippen molar-refractivity contribution in [2.24, 2.45) is 5.41 Å². The largest absolute Gasteiger partial charge is 0.492 e. The fourth-order valence-corrected chi connectivity index (χ4v) is 3.02. The van der Waals surface area contributed by atoms with E-state index in [-0.39, 0.29) is 0 Å². The molecule has 0 bridgehead atoms. The van der Waals surface area contributed by atoms with Crippen LogP contribution in [0.4, 0.5) is 0 Å². The second-order valence-corrected chi connectivity index (χ2v) is 6.42. The zero-order valence-electron chi connectivity index (χ0n) is 13.2. The van der Waals surface area contributed by atoms with Gasteiger partial charge in [-0.1, -0.05) is 6.07 Å². The first-order valence-corrected chi connectivity index (χ1v) is 7.56. The summed E-state index contributed by atoms with van der Waals surface area (Å²) in [5.41, 5.74) is 1.78. The van der Waals surface area contributed by atoms with Crippen LogP contribution in [0.5, 0.6) is 5.75 Å². The normalized spacial score (nSPS) is 23.0. The van der Waals surface area contributed by atoms with Gasteiger partial charge in [-0.3, -0.25) is 9.69 Å². The summed E-state index contributed by atoms with van der Waals surface area (Å²) in [5, 5.41) is 9.32. The Kier molecular flexibility index (Phi) is 4.88. The average Bonchev–Trinajstić information content (AvgIpc) is 2.37. The van der Waals surface area contributed by atoms with Gasteiger partial charge in [-0.05, 0) is 63.4 Å². The zero-order chi connectivity index (χ0) is 15.5. The molecule has 4 heteroatoms. The summed E-state index contributed by atoms with van der Waals surface area (Å²) in [6.45, 7) is 8.89. The smallest absolute Gasteiger partial charge is 0.310 e. The van der Waals surface area contributed by atoms with Gasteiger partial charge in [0.05, 0.1) is 5.41 Å². The second-order valence-electron chi connectivity index (χ2n) is 6.42. The van der Waals surface area contributed by atoms with Crippen LogP contribution >= 0.6 is 0 Å². The minimum Gasteiger partial charge on any atom is -0.492 e. The molecule has 1 heterocycles. The molecule has 1 aromatic rings. The lowest BCUT2D eigenvalue weighted by Crippen LogP contribution is -2.47. The Balaban J connectivity index is 1.84. The van der Waals surface area contributed by atoms with Crippen LogP contribution in [0, 0.1) is 19.3 Å². The van der Waals surface area contributed by atoms with E-state index in [1.807, 2.05) is 19.1 Å². The third kappa shape index (κ3) is 4.21. The number of carbonyl (C=O) groups is 1. The number of ether oxygens (including phenoxy) is 1. The number of hydrogen-bond donors (Lipinski definition) is 1. The van der Waals surface area contributed by atoms with Crippen LogP contribution in [-0.2, 0) is 4.79 Å². The lowest BCUT2D eigenvalue weighted by atomic mass is 9.82. The fraction of sp³-hybridized carbons (Fsp3) is 0.588. The lowest BCUT2D eigenvalue weighted by Gasteiger charge is -2.37. The molecule has 2 rings (SSSR count). The molecule has 1 unspecified atom stereocenters. The first kappa shape index (κ1) is 15.8. The molecule has 1 atom stereocenters. The van der Waals surface area contributed by atoms with Crippen molar-refractivity contribution in [2.45, 2.75) is 33.6 Å². The van der Waals surface area contributed by atoms with E-state index in [0.717, 1.165) is 31.7 Å². The SMILES string of the molecule is Cc1cc(C)cc(OCCN2CCCC(C)(C(=O)O)C2)c1. The summed E-state index contributed by atoms with van der Waals surface area (Å²) in [6.07, 6.45) is 1.70.